The van der Waals surface area contributed by atoms with Gasteiger partial charge in [0.05, 0.1) is 7.11 Å². The molecule has 4 aromatic rings. The van der Waals surface area contributed by atoms with E-state index < -0.39 is 10.0 Å². The number of aromatic amines is 1. The number of methoxy groups -OCH3 is 1. The quantitative estimate of drug-likeness (QED) is 0.474. The van der Waals surface area contributed by atoms with Gasteiger partial charge in [0.2, 0.25) is 10.0 Å². The Kier molecular flexibility index (Phi) is 5.21. The van der Waals surface area contributed by atoms with Gasteiger partial charge in [-0.05, 0) is 40.8 Å². The molecule has 0 spiro atoms. The van der Waals surface area contributed by atoms with Crippen molar-refractivity contribution in [2.45, 2.75) is 10.1 Å². The number of thiophene rings is 1. The third-order valence-corrected chi connectivity index (χ3v) is 7.57. The van der Waals surface area contributed by atoms with E-state index in [1.165, 1.54) is 11.3 Å². The van der Waals surface area contributed by atoms with Gasteiger partial charge in [-0.3, -0.25) is 0 Å². The van der Waals surface area contributed by atoms with Gasteiger partial charge >= 0.3 is 0 Å². The molecule has 0 amide bonds. The predicted molar refractivity (Wildman–Crippen MR) is 113 cm³/mol. The summed E-state index contributed by atoms with van der Waals surface area (Å²) < 4.78 is 33.6. The topological polar surface area (TPSA) is 71.2 Å². The molecule has 0 aliphatic rings. The molecule has 0 aliphatic carbocycles. The number of hydrogen-bond acceptors (Lipinski definition) is 4. The lowest BCUT2D eigenvalue weighted by atomic mass is 9.91. The molecule has 5 nitrogen and oxygen atoms in total. The number of benzene rings is 2. The van der Waals surface area contributed by atoms with E-state index in [1.54, 1.807) is 24.6 Å². The van der Waals surface area contributed by atoms with Crippen LogP contribution in [0.4, 0.5) is 0 Å². The van der Waals surface area contributed by atoms with E-state index in [9.17, 15) is 8.42 Å². The molecule has 0 bridgehead atoms. The largest absolute Gasteiger partial charge is 0.497 e. The van der Waals surface area contributed by atoms with Crippen LogP contribution in [0.1, 0.15) is 17.0 Å². The minimum Gasteiger partial charge on any atom is -0.497 e. The van der Waals surface area contributed by atoms with E-state index in [2.05, 4.69) is 9.71 Å². The second-order valence-corrected chi connectivity index (χ2v) is 9.34. The Morgan fingerprint density at radius 2 is 1.86 bits per heavy atom. The van der Waals surface area contributed by atoms with Crippen molar-refractivity contribution in [1.82, 2.24) is 9.71 Å². The first kappa shape index (κ1) is 18.7. The van der Waals surface area contributed by atoms with E-state index in [1.807, 2.05) is 54.7 Å². The van der Waals surface area contributed by atoms with Gasteiger partial charge in [0.15, 0.2) is 0 Å². The van der Waals surface area contributed by atoms with Crippen molar-refractivity contribution in [2.75, 3.05) is 13.7 Å². The van der Waals surface area contributed by atoms with Gasteiger partial charge < -0.3 is 9.72 Å². The van der Waals surface area contributed by atoms with Crippen molar-refractivity contribution < 1.29 is 13.2 Å². The normalized spacial score (nSPS) is 12.9. The van der Waals surface area contributed by atoms with Crippen LogP contribution in [0.25, 0.3) is 10.9 Å². The van der Waals surface area contributed by atoms with Crippen LogP contribution in [0.15, 0.2) is 76.4 Å². The predicted octanol–water partition coefficient (Wildman–Crippen LogP) is 4.35. The van der Waals surface area contributed by atoms with Crippen LogP contribution in [0.2, 0.25) is 0 Å². The lowest BCUT2D eigenvalue weighted by Crippen LogP contribution is -2.28. The maximum atomic E-state index is 12.6. The molecule has 0 saturated heterocycles. The van der Waals surface area contributed by atoms with E-state index in [-0.39, 0.29) is 12.5 Å². The lowest BCUT2D eigenvalue weighted by molar-refractivity contribution is 0.414. The van der Waals surface area contributed by atoms with Gasteiger partial charge in [-0.2, -0.15) is 0 Å². The summed E-state index contributed by atoms with van der Waals surface area (Å²) in [7, 11) is -1.92. The molecule has 1 unspecified atom stereocenters. The molecular weight excluding hydrogens is 392 g/mol. The highest BCUT2D eigenvalue weighted by atomic mass is 32.2. The molecule has 144 valence electrons. The van der Waals surface area contributed by atoms with Crippen molar-refractivity contribution in [1.29, 1.82) is 0 Å². The highest BCUT2D eigenvalue weighted by Crippen LogP contribution is 2.32. The Morgan fingerprint density at radius 1 is 1.07 bits per heavy atom. The summed E-state index contributed by atoms with van der Waals surface area (Å²) in [6, 6.07) is 19.1. The average molecular weight is 413 g/mol. The number of ether oxygens (including phenoxy) is 1. The van der Waals surface area contributed by atoms with E-state index in [0.717, 1.165) is 27.8 Å². The van der Waals surface area contributed by atoms with Crippen LogP contribution in [0.5, 0.6) is 5.75 Å². The number of aromatic nitrogens is 1. The molecule has 2 aromatic carbocycles. The Balaban J connectivity index is 1.71. The molecule has 28 heavy (non-hydrogen) atoms. The summed E-state index contributed by atoms with van der Waals surface area (Å²) in [6.07, 6.45) is 1.96. The van der Waals surface area contributed by atoms with Crippen molar-refractivity contribution in [2.24, 2.45) is 0 Å². The number of rotatable bonds is 7. The highest BCUT2D eigenvalue weighted by molar-refractivity contribution is 7.91. The second kappa shape index (κ2) is 7.79. The van der Waals surface area contributed by atoms with E-state index in [4.69, 9.17) is 4.74 Å². The standard InChI is InChI=1S/C21H20N2O3S2/c1-26-16-10-8-15(9-11-16)18(14-23-28(24,25)21-7-4-12-27-21)19-13-22-20-6-3-2-5-17(19)20/h2-13,18,22-23H,14H2,1H3. The zero-order valence-electron chi connectivity index (χ0n) is 15.3. The van der Waals surface area contributed by atoms with Gasteiger partial charge in [0.25, 0.3) is 0 Å². The SMILES string of the molecule is COc1ccc(C(CNS(=O)(=O)c2cccs2)c2c[nH]c3ccccc23)cc1. The van der Waals surface area contributed by atoms with Crippen LogP contribution in [0, 0.1) is 0 Å². The van der Waals surface area contributed by atoms with Crippen molar-refractivity contribution in [3.63, 3.8) is 0 Å². The average Bonchev–Trinajstić information content (AvgIpc) is 3.40. The first-order valence-corrected chi connectivity index (χ1v) is 11.2. The summed E-state index contributed by atoms with van der Waals surface area (Å²) in [5.74, 6) is 0.623. The molecule has 2 heterocycles. The van der Waals surface area contributed by atoms with E-state index >= 15 is 0 Å². The minimum absolute atomic E-state index is 0.142. The number of nitrogens with one attached hydrogen (secondary N) is 2. The number of sulfonamides is 1. The fourth-order valence-electron chi connectivity index (χ4n) is 3.31. The molecular formula is C21H20N2O3S2. The van der Waals surface area contributed by atoms with Crippen LogP contribution in [0.3, 0.4) is 0 Å². The minimum atomic E-state index is -3.54. The summed E-state index contributed by atoms with van der Waals surface area (Å²) in [5.41, 5.74) is 3.09. The fraction of sp³-hybridized carbons (Fsp3) is 0.143. The molecule has 7 heteroatoms. The summed E-state index contributed by atoms with van der Waals surface area (Å²) >= 11 is 1.21. The number of H-pyrrole nitrogens is 1. The Bertz CT molecular complexity index is 1160. The Labute approximate surface area is 168 Å². The van der Waals surface area contributed by atoms with E-state index in [0.29, 0.717) is 4.21 Å². The summed E-state index contributed by atoms with van der Waals surface area (Å²) in [4.78, 5) is 3.29. The third kappa shape index (κ3) is 3.69. The molecule has 0 fully saturated rings. The fourth-order valence-corrected chi connectivity index (χ4v) is 5.39. The summed E-state index contributed by atoms with van der Waals surface area (Å²) in [6.45, 7) is 0.258. The van der Waals surface area contributed by atoms with Crippen LogP contribution in [-0.2, 0) is 10.0 Å². The van der Waals surface area contributed by atoms with Gasteiger partial charge in [0.1, 0.15) is 9.96 Å². The van der Waals surface area contributed by atoms with Crippen molar-refractivity contribution in [3.05, 3.63) is 83.4 Å². The smallest absolute Gasteiger partial charge is 0.250 e. The Hall–Kier alpha value is -2.61. The Morgan fingerprint density at radius 3 is 2.57 bits per heavy atom. The molecule has 0 radical (unpaired) electrons. The number of para-hydroxylation sites is 1. The first-order valence-electron chi connectivity index (χ1n) is 8.81. The first-order chi connectivity index (χ1) is 13.6. The van der Waals surface area contributed by atoms with Gasteiger partial charge in [-0.15, -0.1) is 11.3 Å². The number of fused-ring (bicyclic) bond motifs is 1. The number of hydrogen-bond donors (Lipinski definition) is 2. The van der Waals surface area contributed by atoms with Gasteiger partial charge in [-0.25, -0.2) is 13.1 Å². The second-order valence-electron chi connectivity index (χ2n) is 6.40. The maximum absolute atomic E-state index is 12.6. The molecule has 1 atom stereocenters. The maximum Gasteiger partial charge on any atom is 0.250 e. The molecule has 2 N–H and O–H groups in total. The zero-order valence-corrected chi connectivity index (χ0v) is 16.9. The molecule has 4 rings (SSSR count). The van der Waals surface area contributed by atoms with Crippen LogP contribution in [-0.4, -0.2) is 27.1 Å². The van der Waals surface area contributed by atoms with Gasteiger partial charge in [0, 0.05) is 29.6 Å². The lowest BCUT2D eigenvalue weighted by Gasteiger charge is -2.18. The van der Waals surface area contributed by atoms with Crippen molar-refractivity contribution >= 4 is 32.3 Å². The van der Waals surface area contributed by atoms with Crippen molar-refractivity contribution in [3.8, 4) is 5.75 Å². The third-order valence-electron chi connectivity index (χ3n) is 4.75. The van der Waals surface area contributed by atoms with Crippen LogP contribution < -0.4 is 9.46 Å². The monoisotopic (exact) mass is 412 g/mol. The molecule has 2 aromatic heterocycles. The van der Waals surface area contributed by atoms with Gasteiger partial charge in [-0.1, -0.05) is 36.4 Å². The molecule has 0 saturated carbocycles. The zero-order chi connectivity index (χ0) is 19.6. The summed E-state index contributed by atoms with van der Waals surface area (Å²) in [5, 5.41) is 2.84. The molecule has 0 aliphatic heterocycles. The highest BCUT2D eigenvalue weighted by Gasteiger charge is 2.22. The van der Waals surface area contributed by atoms with Crippen LogP contribution >= 0.6 is 11.3 Å².